The number of fused-ring (bicyclic) bond motifs is 3. The van der Waals surface area contributed by atoms with Crippen LogP contribution in [0.1, 0.15) is 111 Å². The molecule has 8 rings (SSSR count). The fourth-order valence-electron chi connectivity index (χ4n) is 10.3. The summed E-state index contributed by atoms with van der Waals surface area (Å²) in [6.07, 6.45) is 11.9. The third-order valence-corrected chi connectivity index (χ3v) is 13.1. The zero-order chi connectivity index (χ0) is 43.8. The summed E-state index contributed by atoms with van der Waals surface area (Å²) in [5, 5.41) is 25.0. The predicted molar refractivity (Wildman–Crippen MR) is 237 cm³/mol. The molecule has 13 heteroatoms. The number of nitrogens with zero attached hydrogens (tertiary/aromatic N) is 3. The number of hydrogen-bond acceptors (Lipinski definition) is 12. The molecule has 1 amide bonds. The maximum atomic E-state index is 15.1. The van der Waals surface area contributed by atoms with Gasteiger partial charge in [-0.3, -0.25) is 9.78 Å². The zero-order valence-electron chi connectivity index (χ0n) is 36.8. The lowest BCUT2D eigenvalue weighted by molar-refractivity contribution is -0.254. The highest BCUT2D eigenvalue weighted by Crippen LogP contribution is 2.62. The minimum Gasteiger partial charge on any atom is -0.487 e. The van der Waals surface area contributed by atoms with E-state index in [2.05, 4.69) is 30.6 Å². The van der Waals surface area contributed by atoms with Crippen LogP contribution in [0.15, 0.2) is 84.1 Å². The van der Waals surface area contributed by atoms with Gasteiger partial charge in [-0.2, -0.15) is 0 Å². The molecule has 2 fully saturated rings. The standard InChI is InChI=1S/C50H63N3O10/c1-4-22-53(49(56)35-18-20-43-44(28-35)60-32-59-43)45-30-41(52-63-46-17-8-11-26-57-46)39-27-34(14-6-9-23-54)38(16-7-10-24-55)47-40-29-37(58-31-36-15-12-13-33(3)51-36)19-21-42(40)62-50(45,48(39)47)61-25-5-2/h5,12-13,15,18-21,27-29,34,38,45-48,54-55H,2,4,6-11,14,16-17,22-26,30-32H2,1,3H3/t34-,38+,45-,46?,47+,48+,50+/m0/s1. The van der Waals surface area contributed by atoms with Gasteiger partial charge in [0, 0.05) is 55.3 Å². The van der Waals surface area contributed by atoms with Crippen molar-refractivity contribution in [2.24, 2.45) is 22.9 Å². The summed E-state index contributed by atoms with van der Waals surface area (Å²) in [5.74, 6) is 0.393. The van der Waals surface area contributed by atoms with E-state index in [4.69, 9.17) is 38.4 Å². The molecule has 3 aliphatic heterocycles. The maximum absolute atomic E-state index is 15.1. The highest BCUT2D eigenvalue weighted by molar-refractivity contribution is 6.03. The first-order chi connectivity index (χ1) is 30.9. The number of unbranched alkanes of at least 4 members (excludes halogenated alkanes) is 2. The second-order valence-electron chi connectivity index (χ2n) is 17.3. The van der Waals surface area contributed by atoms with Gasteiger partial charge in [-0.1, -0.05) is 43.1 Å². The van der Waals surface area contributed by atoms with Crippen molar-refractivity contribution in [2.45, 2.75) is 115 Å². The molecule has 63 heavy (non-hydrogen) atoms. The van der Waals surface area contributed by atoms with Gasteiger partial charge in [-0.15, -0.1) is 6.58 Å². The Kier molecular flexibility index (Phi) is 14.7. The number of aliphatic hydroxyl groups excluding tert-OH is 2. The number of aliphatic hydroxyl groups is 2. The van der Waals surface area contributed by atoms with Gasteiger partial charge in [0.2, 0.25) is 18.9 Å². The normalized spacial score (nSPS) is 26.2. The Hall–Kier alpha value is -4.95. The van der Waals surface area contributed by atoms with E-state index in [9.17, 15) is 10.2 Å². The minimum atomic E-state index is -1.39. The van der Waals surface area contributed by atoms with Gasteiger partial charge < -0.3 is 48.4 Å². The van der Waals surface area contributed by atoms with E-state index in [0.29, 0.717) is 67.6 Å². The van der Waals surface area contributed by atoms with Gasteiger partial charge in [-0.05, 0) is 118 Å². The largest absolute Gasteiger partial charge is 0.487 e. The minimum absolute atomic E-state index is 0.0684. The quantitative estimate of drug-likeness (QED) is 0.0640. The molecule has 1 saturated heterocycles. The molecule has 0 radical (unpaired) electrons. The first kappa shape index (κ1) is 44.6. The third-order valence-electron chi connectivity index (χ3n) is 13.1. The molecule has 2 aromatic carbocycles. The molecule has 1 saturated carbocycles. The Morgan fingerprint density at radius 1 is 1.02 bits per heavy atom. The number of carbonyl (C=O) groups excluding carboxylic acids is 1. The van der Waals surface area contributed by atoms with Gasteiger partial charge >= 0.3 is 0 Å². The lowest BCUT2D eigenvalue weighted by Gasteiger charge is -2.60. The van der Waals surface area contributed by atoms with Crippen molar-refractivity contribution < 1.29 is 48.3 Å². The van der Waals surface area contributed by atoms with E-state index in [-0.39, 0.29) is 56.7 Å². The summed E-state index contributed by atoms with van der Waals surface area (Å²) >= 11 is 0. The first-order valence-corrected chi connectivity index (χ1v) is 23.0. The molecular weight excluding hydrogens is 803 g/mol. The molecule has 0 bridgehead atoms. The molecule has 1 aromatic heterocycles. The van der Waals surface area contributed by atoms with Gasteiger partial charge in [-0.25, -0.2) is 0 Å². The third kappa shape index (κ3) is 9.62. The van der Waals surface area contributed by atoms with E-state index in [1.165, 1.54) is 0 Å². The lowest BCUT2D eigenvalue weighted by atomic mass is 9.55. The summed E-state index contributed by atoms with van der Waals surface area (Å²) < 4.78 is 38.4. The molecule has 13 nitrogen and oxygen atoms in total. The summed E-state index contributed by atoms with van der Waals surface area (Å²) in [6, 6.07) is 16.6. The average Bonchev–Trinajstić information content (AvgIpc) is 3.78. The van der Waals surface area contributed by atoms with Gasteiger partial charge in [0.1, 0.15) is 24.1 Å². The van der Waals surface area contributed by atoms with E-state index in [1.807, 2.05) is 42.2 Å². The van der Waals surface area contributed by atoms with E-state index in [0.717, 1.165) is 73.2 Å². The number of aryl methyl sites for hydroxylation is 1. The Morgan fingerprint density at radius 2 is 1.84 bits per heavy atom. The predicted octanol–water partition coefficient (Wildman–Crippen LogP) is 8.41. The average molecular weight is 866 g/mol. The molecule has 2 N–H and O–H groups in total. The first-order valence-electron chi connectivity index (χ1n) is 23.0. The van der Waals surface area contributed by atoms with Gasteiger partial charge in [0.15, 0.2) is 11.5 Å². The number of hydrogen-bond donors (Lipinski definition) is 2. The number of oxime groups is 1. The fraction of sp³-hybridized carbons (Fsp3) is 0.540. The van der Waals surface area contributed by atoms with Crippen molar-refractivity contribution in [3.8, 4) is 23.0 Å². The Bertz CT molecular complexity index is 2120. The van der Waals surface area contributed by atoms with Crippen molar-refractivity contribution >= 4 is 11.6 Å². The van der Waals surface area contributed by atoms with Crippen LogP contribution in [0.4, 0.5) is 0 Å². The smallest absolute Gasteiger partial charge is 0.254 e. The molecule has 1 unspecified atom stereocenters. The van der Waals surface area contributed by atoms with Crippen molar-refractivity contribution in [3.63, 3.8) is 0 Å². The number of allylic oxidation sites excluding steroid dienone is 1. The van der Waals surface area contributed by atoms with Crippen LogP contribution < -0.4 is 18.9 Å². The molecule has 7 atom stereocenters. The zero-order valence-corrected chi connectivity index (χ0v) is 36.8. The van der Waals surface area contributed by atoms with Crippen molar-refractivity contribution in [1.82, 2.24) is 9.88 Å². The highest BCUT2D eigenvalue weighted by Gasteiger charge is 2.65. The molecule has 3 aromatic rings. The molecule has 338 valence electrons. The summed E-state index contributed by atoms with van der Waals surface area (Å²) in [7, 11) is 0. The second kappa shape index (κ2) is 20.7. The van der Waals surface area contributed by atoms with Gasteiger partial charge in [0.05, 0.1) is 30.5 Å². The fourth-order valence-corrected chi connectivity index (χ4v) is 10.3. The topological polar surface area (TPSA) is 151 Å². The number of carbonyl (C=O) groups is 1. The van der Waals surface area contributed by atoms with E-state index in [1.54, 1.807) is 24.3 Å². The van der Waals surface area contributed by atoms with Crippen molar-refractivity contribution in [3.05, 3.63) is 101 Å². The van der Waals surface area contributed by atoms with Gasteiger partial charge in [0.25, 0.3) is 5.91 Å². The molecule has 2 aliphatic carbocycles. The summed E-state index contributed by atoms with van der Waals surface area (Å²) in [5.41, 5.74) is 4.90. The Balaban J connectivity index is 1.31. The number of amides is 1. The monoisotopic (exact) mass is 865 g/mol. The maximum Gasteiger partial charge on any atom is 0.254 e. The highest BCUT2D eigenvalue weighted by atomic mass is 16.8. The number of pyridine rings is 1. The van der Waals surface area contributed by atoms with Crippen LogP contribution in [-0.4, -0.2) is 89.6 Å². The Morgan fingerprint density at radius 3 is 2.62 bits per heavy atom. The summed E-state index contributed by atoms with van der Waals surface area (Å²) in [4.78, 5) is 28.0. The molecule has 4 heterocycles. The Labute approximate surface area is 371 Å². The molecule has 0 spiro atoms. The van der Waals surface area contributed by atoms with Crippen LogP contribution in [-0.2, 0) is 20.9 Å². The van der Waals surface area contributed by atoms with E-state index >= 15 is 4.79 Å². The number of benzene rings is 2. The molecule has 5 aliphatic rings. The second-order valence-corrected chi connectivity index (χ2v) is 17.3. The van der Waals surface area contributed by atoms with Crippen molar-refractivity contribution in [1.29, 1.82) is 0 Å². The number of ether oxygens (including phenoxy) is 6. The van der Waals surface area contributed by atoms with Crippen LogP contribution >= 0.6 is 0 Å². The van der Waals surface area contributed by atoms with Crippen LogP contribution in [0, 0.1) is 24.7 Å². The van der Waals surface area contributed by atoms with E-state index < -0.39 is 24.0 Å². The van der Waals surface area contributed by atoms with Crippen LogP contribution in [0.25, 0.3) is 0 Å². The number of aromatic nitrogens is 1. The SMILES string of the molecule is C=CCO[C@@]12Oc3ccc(OCc4cccc(C)n4)cc3[C@H]3[C@H](CCCCO)[C@@H](CCCCO)C=C(C(=NOC4CCCCO4)C[C@@H]1N(CCC)C(=O)c1ccc4c(c1)OCO4)[C@H]32. The van der Waals surface area contributed by atoms with Crippen LogP contribution in [0.3, 0.4) is 0 Å². The summed E-state index contributed by atoms with van der Waals surface area (Å²) in [6.45, 7) is 9.89. The van der Waals surface area contributed by atoms with Crippen molar-refractivity contribution in [2.75, 3.05) is 39.8 Å². The molecular formula is C50H63N3O10. The van der Waals surface area contributed by atoms with Crippen LogP contribution in [0.5, 0.6) is 23.0 Å². The number of rotatable bonds is 20. The lowest BCUT2D eigenvalue weighted by Crippen LogP contribution is -2.70. The van der Waals surface area contributed by atoms with Crippen LogP contribution in [0.2, 0.25) is 0 Å².